The van der Waals surface area contributed by atoms with Crippen molar-refractivity contribution in [3.63, 3.8) is 0 Å². The van der Waals surface area contributed by atoms with Crippen LogP contribution >= 0.6 is 0 Å². The number of carbonyl (C=O) groups is 3. The van der Waals surface area contributed by atoms with Gasteiger partial charge in [-0.1, -0.05) is 34.6 Å². The van der Waals surface area contributed by atoms with Crippen LogP contribution < -0.4 is 10.6 Å². The smallest absolute Gasteiger partial charge is 0.242 e. The molecular weight excluding hydrogens is 356 g/mol. The molecule has 0 saturated heterocycles. The molecule has 0 heterocycles. The molecule has 0 spiro atoms. The van der Waals surface area contributed by atoms with E-state index >= 15 is 0 Å². The van der Waals surface area contributed by atoms with Crippen LogP contribution in [0.5, 0.6) is 0 Å². The second-order valence-corrected chi connectivity index (χ2v) is 8.62. The van der Waals surface area contributed by atoms with Gasteiger partial charge in [-0.3, -0.25) is 19.3 Å². The van der Waals surface area contributed by atoms with Crippen LogP contribution in [0.1, 0.15) is 60.8 Å². The molecule has 0 aliphatic heterocycles. The predicted octanol–water partition coefficient (Wildman–Crippen LogP) is 1.87. The maximum absolute atomic E-state index is 13.3. The molecule has 3 atom stereocenters. The van der Waals surface area contributed by atoms with Crippen molar-refractivity contribution in [3.05, 3.63) is 0 Å². The first-order chi connectivity index (χ1) is 12.9. The van der Waals surface area contributed by atoms with Crippen LogP contribution in [0.2, 0.25) is 0 Å². The van der Waals surface area contributed by atoms with Crippen LogP contribution in [-0.4, -0.2) is 73.3 Å². The molecular formula is C21H42N4O3. The monoisotopic (exact) mass is 398 g/mol. The number of hydrogen-bond donors (Lipinski definition) is 2. The van der Waals surface area contributed by atoms with Crippen molar-refractivity contribution < 1.29 is 14.4 Å². The molecule has 3 amide bonds. The van der Waals surface area contributed by atoms with E-state index < -0.39 is 6.04 Å². The molecule has 0 rings (SSSR count). The SMILES string of the molecule is CCC(=O)N[C@H](C)CN(C)[C@@H](CC(C)C)C(=O)N(C)C(CC(C)C)C(=O)NC. The summed E-state index contributed by atoms with van der Waals surface area (Å²) in [7, 11) is 5.22. The van der Waals surface area contributed by atoms with E-state index in [0.29, 0.717) is 37.6 Å². The highest BCUT2D eigenvalue weighted by Crippen LogP contribution is 2.18. The van der Waals surface area contributed by atoms with E-state index in [9.17, 15) is 14.4 Å². The first-order valence-corrected chi connectivity index (χ1v) is 10.4. The lowest BCUT2D eigenvalue weighted by Crippen LogP contribution is -2.55. The largest absolute Gasteiger partial charge is 0.357 e. The minimum atomic E-state index is -0.488. The predicted molar refractivity (Wildman–Crippen MR) is 114 cm³/mol. The van der Waals surface area contributed by atoms with E-state index in [1.165, 1.54) is 0 Å². The summed E-state index contributed by atoms with van der Waals surface area (Å²) in [6.07, 6.45) is 1.74. The topological polar surface area (TPSA) is 81.8 Å². The standard InChI is InChI=1S/C21H42N4O3/c1-10-19(26)23-16(6)13-24(8)18(12-15(4)5)21(28)25(9)17(11-14(2)3)20(27)22-7/h14-18H,10-13H2,1-9H3,(H,22,27)(H,23,26)/t16-,17?,18+/m1/s1. The van der Waals surface area contributed by atoms with Gasteiger partial charge in [-0.25, -0.2) is 0 Å². The molecule has 7 heteroatoms. The minimum absolute atomic E-state index is 0.00127. The first-order valence-electron chi connectivity index (χ1n) is 10.4. The van der Waals surface area contributed by atoms with E-state index in [4.69, 9.17) is 0 Å². The summed E-state index contributed by atoms with van der Waals surface area (Å²) in [5.41, 5.74) is 0. The maximum Gasteiger partial charge on any atom is 0.242 e. The van der Waals surface area contributed by atoms with Crippen molar-refractivity contribution in [2.75, 3.05) is 27.7 Å². The van der Waals surface area contributed by atoms with E-state index in [1.54, 1.807) is 19.0 Å². The van der Waals surface area contributed by atoms with E-state index in [0.717, 1.165) is 0 Å². The van der Waals surface area contributed by atoms with Gasteiger partial charge in [0.25, 0.3) is 0 Å². The molecule has 0 aromatic carbocycles. The third-order valence-corrected chi connectivity index (χ3v) is 4.86. The molecule has 0 bridgehead atoms. The van der Waals surface area contributed by atoms with Crippen LogP contribution in [0.15, 0.2) is 0 Å². The lowest BCUT2D eigenvalue weighted by Gasteiger charge is -2.36. The zero-order valence-electron chi connectivity index (χ0n) is 19.3. The third kappa shape index (κ3) is 9.04. The average molecular weight is 399 g/mol. The van der Waals surface area contributed by atoms with Gasteiger partial charge in [0.2, 0.25) is 17.7 Å². The second-order valence-electron chi connectivity index (χ2n) is 8.62. The Balaban J connectivity index is 5.40. The summed E-state index contributed by atoms with van der Waals surface area (Å²) >= 11 is 0. The fraction of sp³-hybridized carbons (Fsp3) is 0.857. The molecule has 7 nitrogen and oxygen atoms in total. The van der Waals surface area contributed by atoms with Gasteiger partial charge in [0, 0.05) is 33.1 Å². The first kappa shape index (κ1) is 26.4. The number of hydrogen-bond acceptors (Lipinski definition) is 4. The molecule has 2 N–H and O–H groups in total. The zero-order valence-corrected chi connectivity index (χ0v) is 19.3. The molecule has 0 aliphatic rings. The van der Waals surface area contributed by atoms with Gasteiger partial charge < -0.3 is 15.5 Å². The summed E-state index contributed by atoms with van der Waals surface area (Å²) in [5, 5.41) is 5.62. The van der Waals surface area contributed by atoms with Crippen molar-refractivity contribution in [3.8, 4) is 0 Å². The molecule has 28 heavy (non-hydrogen) atoms. The summed E-state index contributed by atoms with van der Waals surface area (Å²) in [4.78, 5) is 40.9. The number of carbonyl (C=O) groups excluding carboxylic acids is 3. The Bertz CT molecular complexity index is 508. The zero-order chi connectivity index (χ0) is 22.0. The van der Waals surface area contributed by atoms with Crippen molar-refractivity contribution in [1.82, 2.24) is 20.4 Å². The van der Waals surface area contributed by atoms with E-state index in [-0.39, 0.29) is 29.8 Å². The van der Waals surface area contributed by atoms with E-state index in [2.05, 4.69) is 24.5 Å². The lowest BCUT2D eigenvalue weighted by atomic mass is 9.98. The maximum atomic E-state index is 13.3. The van der Waals surface area contributed by atoms with Crippen molar-refractivity contribution in [2.24, 2.45) is 11.8 Å². The number of likely N-dealkylation sites (N-methyl/N-ethyl adjacent to an activating group) is 3. The highest BCUT2D eigenvalue weighted by atomic mass is 16.2. The normalized spacial score (nSPS) is 14.7. The summed E-state index contributed by atoms with van der Waals surface area (Å²) < 4.78 is 0. The average Bonchev–Trinajstić information content (AvgIpc) is 2.61. The number of nitrogens with zero attached hydrogens (tertiary/aromatic N) is 2. The highest BCUT2D eigenvalue weighted by molar-refractivity contribution is 5.89. The van der Waals surface area contributed by atoms with E-state index in [1.807, 2.05) is 39.6 Å². The summed E-state index contributed by atoms with van der Waals surface area (Å²) in [6.45, 7) is 12.6. The summed E-state index contributed by atoms with van der Waals surface area (Å²) in [6, 6.07) is -0.890. The van der Waals surface area contributed by atoms with Gasteiger partial charge in [-0.05, 0) is 38.6 Å². The Kier molecular flexibility index (Phi) is 12.0. The molecule has 0 saturated carbocycles. The van der Waals surface area contributed by atoms with Gasteiger partial charge in [0.15, 0.2) is 0 Å². The Labute approximate surface area is 171 Å². The van der Waals surface area contributed by atoms with Gasteiger partial charge in [0.05, 0.1) is 6.04 Å². The molecule has 1 unspecified atom stereocenters. The van der Waals surface area contributed by atoms with Crippen LogP contribution in [0, 0.1) is 11.8 Å². The molecule has 0 aromatic heterocycles. The van der Waals surface area contributed by atoms with Crippen LogP contribution in [0.3, 0.4) is 0 Å². The van der Waals surface area contributed by atoms with Gasteiger partial charge in [0.1, 0.15) is 6.04 Å². The minimum Gasteiger partial charge on any atom is -0.357 e. The molecule has 164 valence electrons. The summed E-state index contributed by atoms with van der Waals surface area (Å²) in [5.74, 6) is 0.428. The van der Waals surface area contributed by atoms with Crippen LogP contribution in [-0.2, 0) is 14.4 Å². The van der Waals surface area contributed by atoms with Crippen molar-refractivity contribution in [1.29, 1.82) is 0 Å². The fourth-order valence-corrected chi connectivity index (χ4v) is 3.34. The highest BCUT2D eigenvalue weighted by Gasteiger charge is 2.33. The number of nitrogens with one attached hydrogen (secondary N) is 2. The van der Waals surface area contributed by atoms with Gasteiger partial charge in [-0.15, -0.1) is 0 Å². The Morgan fingerprint density at radius 3 is 1.82 bits per heavy atom. The molecule has 0 fully saturated rings. The molecule has 0 radical (unpaired) electrons. The lowest BCUT2D eigenvalue weighted by molar-refractivity contribution is -0.143. The van der Waals surface area contributed by atoms with Gasteiger partial charge in [-0.2, -0.15) is 0 Å². The Morgan fingerprint density at radius 1 is 0.893 bits per heavy atom. The van der Waals surface area contributed by atoms with Gasteiger partial charge >= 0.3 is 0 Å². The number of amides is 3. The Morgan fingerprint density at radius 2 is 1.39 bits per heavy atom. The number of rotatable bonds is 12. The quantitative estimate of drug-likeness (QED) is 0.526. The van der Waals surface area contributed by atoms with Crippen LogP contribution in [0.25, 0.3) is 0 Å². The van der Waals surface area contributed by atoms with Crippen molar-refractivity contribution >= 4 is 17.7 Å². The molecule has 0 aromatic rings. The van der Waals surface area contributed by atoms with Crippen LogP contribution in [0.4, 0.5) is 0 Å². The molecule has 0 aliphatic carbocycles. The second kappa shape index (κ2) is 12.8. The fourth-order valence-electron chi connectivity index (χ4n) is 3.34. The third-order valence-electron chi connectivity index (χ3n) is 4.86. The van der Waals surface area contributed by atoms with Crippen molar-refractivity contribution in [2.45, 2.75) is 78.9 Å². The Hall–Kier alpha value is -1.63.